The molecule has 9 rings (SSSR count). The van der Waals surface area contributed by atoms with E-state index in [4.69, 9.17) is 24.2 Å². The fraction of sp³-hybridized carbons (Fsp3) is 0.510. The van der Waals surface area contributed by atoms with Gasteiger partial charge in [0.25, 0.3) is 0 Å². The predicted molar refractivity (Wildman–Crippen MR) is 246 cm³/mol. The molecule has 14 nitrogen and oxygen atoms in total. The number of rotatable bonds is 16. The largest absolute Gasteiger partial charge is 0.486 e. The van der Waals surface area contributed by atoms with E-state index in [1.807, 2.05) is 49.2 Å². The molecule has 338 valence electrons. The summed E-state index contributed by atoms with van der Waals surface area (Å²) in [4.78, 5) is 28.3. The monoisotopic (exact) mass is 872 g/mol. The Kier molecular flexibility index (Phi) is 12.6. The van der Waals surface area contributed by atoms with Crippen LogP contribution < -0.4 is 25.1 Å². The second kappa shape index (κ2) is 18.4. The molecule has 5 atom stereocenters. The number of hydrogen-bond donors (Lipinski definition) is 2. The molecule has 2 bridgehead atoms. The van der Waals surface area contributed by atoms with E-state index in [1.54, 1.807) is 31.1 Å². The summed E-state index contributed by atoms with van der Waals surface area (Å²) < 4.78 is 36.5. The lowest BCUT2D eigenvalue weighted by Crippen LogP contribution is -2.51. The van der Waals surface area contributed by atoms with Crippen molar-refractivity contribution < 1.29 is 23.4 Å². The van der Waals surface area contributed by atoms with Crippen molar-refractivity contribution in [3.8, 4) is 34.1 Å². The number of nitrogens with one attached hydrogen (secondary N) is 2. The predicted octanol–water partition coefficient (Wildman–Crippen LogP) is 7.57. The van der Waals surface area contributed by atoms with Gasteiger partial charge in [-0.3, -0.25) is 4.79 Å². The molecule has 3 saturated heterocycles. The molecule has 2 aromatic heterocycles. The van der Waals surface area contributed by atoms with Crippen molar-refractivity contribution >= 4 is 28.8 Å². The molecule has 1 amide bonds. The van der Waals surface area contributed by atoms with Gasteiger partial charge in [0.15, 0.2) is 5.75 Å². The van der Waals surface area contributed by atoms with Gasteiger partial charge in [-0.15, -0.1) is 5.10 Å². The zero-order valence-electron chi connectivity index (χ0n) is 38.1. The highest BCUT2D eigenvalue weighted by Gasteiger charge is 2.38. The summed E-state index contributed by atoms with van der Waals surface area (Å²) in [5.74, 6) is 1.43. The number of fused-ring (bicyclic) bond motifs is 3. The third kappa shape index (κ3) is 8.76. The highest BCUT2D eigenvalue weighted by Crippen LogP contribution is 2.52. The molecule has 1 aliphatic carbocycles. The van der Waals surface area contributed by atoms with Gasteiger partial charge in [-0.1, -0.05) is 43.3 Å². The smallest absolute Gasteiger partial charge is 0.319 e. The molecule has 4 unspecified atom stereocenters. The Bertz CT molecular complexity index is 2510. The van der Waals surface area contributed by atoms with Crippen LogP contribution in [-0.4, -0.2) is 107 Å². The highest BCUT2D eigenvalue weighted by molar-refractivity contribution is 6.03. The van der Waals surface area contributed by atoms with Crippen LogP contribution in [0.1, 0.15) is 100 Å². The first-order valence-corrected chi connectivity index (χ1v) is 23.0. The second-order valence-electron chi connectivity index (χ2n) is 18.5. The van der Waals surface area contributed by atoms with Crippen molar-refractivity contribution in [2.75, 3.05) is 45.3 Å². The molecule has 0 spiro atoms. The molecule has 4 aliphatic rings. The van der Waals surface area contributed by atoms with Crippen molar-refractivity contribution in [3.05, 3.63) is 76.7 Å². The Hall–Kier alpha value is -5.67. The number of hydrazone groups is 1. The number of amides is 1. The fourth-order valence-electron chi connectivity index (χ4n) is 9.76. The lowest BCUT2D eigenvalue weighted by molar-refractivity contribution is -0.137. The summed E-state index contributed by atoms with van der Waals surface area (Å²) in [6.07, 6.45) is 9.71. The number of nitrogens with zero attached hydrogens (tertiary/aromatic N) is 8. The Morgan fingerprint density at radius 3 is 2.45 bits per heavy atom. The van der Waals surface area contributed by atoms with E-state index < -0.39 is 6.04 Å². The minimum atomic E-state index is -0.433. The van der Waals surface area contributed by atoms with Crippen molar-refractivity contribution in [2.24, 2.45) is 11.0 Å². The van der Waals surface area contributed by atoms with Crippen LogP contribution in [0.5, 0.6) is 11.8 Å². The van der Waals surface area contributed by atoms with E-state index in [2.05, 4.69) is 57.9 Å². The Morgan fingerprint density at radius 1 is 1.02 bits per heavy atom. The van der Waals surface area contributed by atoms with Crippen LogP contribution in [0.25, 0.3) is 33.3 Å². The minimum Gasteiger partial charge on any atom is -0.486 e. The van der Waals surface area contributed by atoms with E-state index >= 15 is 4.39 Å². The summed E-state index contributed by atoms with van der Waals surface area (Å²) in [5, 5.41) is 18.0. The third-order valence-corrected chi connectivity index (χ3v) is 13.5. The van der Waals surface area contributed by atoms with Crippen LogP contribution >= 0.6 is 0 Å². The Balaban J connectivity index is 1.13. The number of benzene rings is 3. The van der Waals surface area contributed by atoms with Gasteiger partial charge in [-0.25, -0.2) is 9.07 Å². The molecule has 1 saturated carbocycles. The molecule has 64 heavy (non-hydrogen) atoms. The highest BCUT2D eigenvalue weighted by atomic mass is 19.1. The maximum Gasteiger partial charge on any atom is 0.319 e. The van der Waals surface area contributed by atoms with Gasteiger partial charge in [-0.2, -0.15) is 15.1 Å². The quantitative estimate of drug-likeness (QED) is 0.0749. The maximum absolute atomic E-state index is 15.9. The normalized spacial score (nSPS) is 20.7. The van der Waals surface area contributed by atoms with Gasteiger partial charge in [0.05, 0.1) is 18.5 Å². The lowest BCUT2D eigenvalue weighted by Gasteiger charge is -2.34. The number of likely N-dealkylation sites (tertiary alicyclic amines) is 1. The second-order valence-corrected chi connectivity index (χ2v) is 18.5. The maximum atomic E-state index is 15.9. The number of anilines is 1. The number of piperazine rings is 1. The standard InChI is InChI=1S/C49H61FN10O4/c1-28(2)45(48(61)59-20-8-9-29(59)3)60-25-41(56-57-60)34-12-10-32(11-13-34)27-63-46-43(42-31(5)40(50)19-16-35(42)22-52-51-6)38(33-14-15-33)21-39-44(46)54-49(64-26-30(4)62-7)55-47(39)58-23-36-17-18-37(24-58)53-36/h10-13,16,19,21-22,25,28-30,33,36-37,45,51,53H,8-9,14-15,17-18,20,23-24,26-27H2,1-7H3/b52-22-/t29?,30-,36?,37?,45?/m0/s1. The van der Waals surface area contributed by atoms with Crippen LogP contribution in [0.4, 0.5) is 10.2 Å². The van der Waals surface area contributed by atoms with Crippen molar-refractivity contribution in [2.45, 2.75) is 116 Å². The number of aromatic nitrogens is 5. The van der Waals surface area contributed by atoms with E-state index in [0.717, 1.165) is 97.2 Å². The molecule has 3 aliphatic heterocycles. The zero-order chi connectivity index (χ0) is 44.6. The Labute approximate surface area is 375 Å². The van der Waals surface area contributed by atoms with Crippen LogP contribution in [0.15, 0.2) is 53.8 Å². The van der Waals surface area contributed by atoms with Gasteiger partial charge in [0, 0.05) is 79.6 Å². The Morgan fingerprint density at radius 2 is 1.78 bits per heavy atom. The number of methoxy groups -OCH3 is 1. The van der Waals surface area contributed by atoms with E-state index in [9.17, 15) is 4.79 Å². The topological polar surface area (TPSA) is 144 Å². The van der Waals surface area contributed by atoms with Gasteiger partial charge < -0.3 is 34.8 Å². The average molecular weight is 873 g/mol. The van der Waals surface area contributed by atoms with Crippen LogP contribution in [0, 0.1) is 18.7 Å². The molecule has 15 heteroatoms. The number of halogens is 1. The molecular formula is C49H61FN10O4. The number of hydrogen-bond acceptors (Lipinski definition) is 12. The average Bonchev–Trinajstić information content (AvgIpc) is 3.71. The first kappa shape index (κ1) is 43.6. The number of carbonyl (C=O) groups excluding carboxylic acids is 1. The first-order chi connectivity index (χ1) is 31.0. The summed E-state index contributed by atoms with van der Waals surface area (Å²) in [7, 11) is 3.40. The van der Waals surface area contributed by atoms with Gasteiger partial charge in [-0.05, 0) is 106 Å². The van der Waals surface area contributed by atoms with Crippen molar-refractivity contribution in [1.29, 1.82) is 0 Å². The first-order valence-electron chi connectivity index (χ1n) is 23.0. The molecule has 5 heterocycles. The molecule has 0 radical (unpaired) electrons. The van der Waals surface area contributed by atoms with Gasteiger partial charge >= 0.3 is 6.01 Å². The van der Waals surface area contributed by atoms with Crippen molar-refractivity contribution in [3.63, 3.8) is 0 Å². The molecule has 4 fully saturated rings. The number of ether oxygens (including phenoxy) is 3. The van der Waals surface area contributed by atoms with Crippen LogP contribution in [0.2, 0.25) is 0 Å². The van der Waals surface area contributed by atoms with E-state index in [-0.39, 0.29) is 54.9 Å². The molecule has 5 aromatic rings. The SMILES string of the molecule is CN/N=C\c1ccc(F)c(C)c1-c1c(C2CC2)cc2c(N3CC4CCC(C3)N4)nc(OC[C@H](C)OC)nc2c1OCc1ccc(-c2cn(C(C(=O)N3CCCC3C)C(C)C)nn2)cc1. The van der Waals surface area contributed by atoms with E-state index in [1.165, 1.54) is 6.07 Å². The van der Waals surface area contributed by atoms with Gasteiger partial charge in [0.2, 0.25) is 5.91 Å². The number of carbonyl (C=O) groups is 1. The summed E-state index contributed by atoms with van der Waals surface area (Å²) in [6, 6.07) is 14.3. The molecular weight excluding hydrogens is 812 g/mol. The summed E-state index contributed by atoms with van der Waals surface area (Å²) in [6.45, 7) is 12.8. The van der Waals surface area contributed by atoms with Gasteiger partial charge in [0.1, 0.15) is 42.1 Å². The molecule has 3 aromatic carbocycles. The van der Waals surface area contributed by atoms with Crippen molar-refractivity contribution in [1.82, 2.24) is 40.6 Å². The minimum absolute atomic E-state index is 0.0430. The molecule has 2 N–H and O–H groups in total. The zero-order valence-corrected chi connectivity index (χ0v) is 38.1. The lowest BCUT2D eigenvalue weighted by atomic mass is 9.87. The van der Waals surface area contributed by atoms with E-state index in [0.29, 0.717) is 40.2 Å². The van der Waals surface area contributed by atoms with Crippen LogP contribution in [-0.2, 0) is 16.1 Å². The summed E-state index contributed by atoms with van der Waals surface area (Å²) >= 11 is 0. The summed E-state index contributed by atoms with van der Waals surface area (Å²) in [5.41, 5.74) is 9.79. The van der Waals surface area contributed by atoms with Crippen LogP contribution in [0.3, 0.4) is 0 Å². The fourth-order valence-corrected chi connectivity index (χ4v) is 9.76. The third-order valence-electron chi connectivity index (χ3n) is 13.5.